The van der Waals surface area contributed by atoms with E-state index < -0.39 is 0 Å². The monoisotopic (exact) mass is 383 g/mol. The van der Waals surface area contributed by atoms with Crippen molar-refractivity contribution >= 4 is 17.7 Å². The Balaban J connectivity index is 1.59. The van der Waals surface area contributed by atoms with E-state index >= 15 is 0 Å². The lowest BCUT2D eigenvalue weighted by Crippen LogP contribution is -2.56. The summed E-state index contributed by atoms with van der Waals surface area (Å²) in [4.78, 5) is 10.3. The summed E-state index contributed by atoms with van der Waals surface area (Å²) in [6.07, 6.45) is 3.87. The van der Waals surface area contributed by atoms with E-state index in [1.165, 1.54) is 37.3 Å². The molecule has 0 aliphatic carbocycles. The van der Waals surface area contributed by atoms with Gasteiger partial charge in [-0.15, -0.1) is 0 Å². The zero-order valence-electron chi connectivity index (χ0n) is 16.6. The molecule has 2 N–H and O–H groups in total. The van der Waals surface area contributed by atoms with Crippen molar-refractivity contribution in [3.8, 4) is 0 Å². The minimum atomic E-state index is 0.222. The molecular weight excluding hydrogens is 346 g/mol. The number of likely N-dealkylation sites (tertiary alicyclic amines) is 1. The molecule has 0 aromatic carbocycles. The highest BCUT2D eigenvalue weighted by atomic mass is 32.2. The Morgan fingerprint density at radius 1 is 1.23 bits per heavy atom. The first-order valence-corrected chi connectivity index (χ1v) is 11.6. The largest absolute Gasteiger partial charge is 0.379 e. The molecule has 6 nitrogen and oxygen atoms in total. The number of thioether (sulfide) groups is 1. The van der Waals surface area contributed by atoms with Gasteiger partial charge in [-0.2, -0.15) is 11.8 Å². The topological polar surface area (TPSA) is 52.1 Å². The van der Waals surface area contributed by atoms with E-state index in [2.05, 4.69) is 46.0 Å². The zero-order valence-corrected chi connectivity index (χ0v) is 17.5. The summed E-state index contributed by atoms with van der Waals surface area (Å²) < 4.78 is 5.57. The average Bonchev–Trinajstić information content (AvgIpc) is 3.34. The summed E-state index contributed by atoms with van der Waals surface area (Å²) in [6.45, 7) is 13.4. The third-order valence-electron chi connectivity index (χ3n) is 6.05. The quantitative estimate of drug-likeness (QED) is 0.510. The van der Waals surface area contributed by atoms with Gasteiger partial charge >= 0.3 is 0 Å². The van der Waals surface area contributed by atoms with Crippen LogP contribution in [0.5, 0.6) is 0 Å². The summed E-state index contributed by atoms with van der Waals surface area (Å²) in [5.41, 5.74) is 0.222. The molecule has 3 aliphatic rings. The number of ether oxygens (including phenoxy) is 1. The van der Waals surface area contributed by atoms with Gasteiger partial charge in [-0.25, -0.2) is 0 Å². The molecule has 2 unspecified atom stereocenters. The van der Waals surface area contributed by atoms with Crippen LogP contribution in [0.2, 0.25) is 0 Å². The van der Waals surface area contributed by atoms with Gasteiger partial charge in [-0.05, 0) is 45.0 Å². The van der Waals surface area contributed by atoms with Gasteiger partial charge in [-0.3, -0.25) is 14.8 Å². The number of hydrogen-bond donors (Lipinski definition) is 2. The fraction of sp³-hybridized carbons (Fsp3) is 0.947. The molecular formula is C19H37N5OS. The summed E-state index contributed by atoms with van der Waals surface area (Å²) in [7, 11) is 0. The van der Waals surface area contributed by atoms with Crippen LogP contribution >= 0.6 is 11.8 Å². The molecule has 7 heteroatoms. The van der Waals surface area contributed by atoms with Crippen LogP contribution in [0.15, 0.2) is 4.99 Å². The second-order valence-corrected chi connectivity index (χ2v) is 8.73. The van der Waals surface area contributed by atoms with Crippen molar-refractivity contribution in [3.05, 3.63) is 0 Å². The van der Waals surface area contributed by atoms with Gasteiger partial charge in [0, 0.05) is 38.0 Å². The van der Waals surface area contributed by atoms with Crippen molar-refractivity contribution in [2.75, 3.05) is 70.5 Å². The smallest absolute Gasteiger partial charge is 0.191 e. The molecule has 150 valence electrons. The SMILES string of the molecule is CCNC(=NCC1(N2CCOCC2)CCSC1)NCC1CCCN1CC. The summed E-state index contributed by atoms with van der Waals surface area (Å²) in [5.74, 6) is 3.44. The van der Waals surface area contributed by atoms with Gasteiger partial charge < -0.3 is 15.4 Å². The van der Waals surface area contributed by atoms with Crippen molar-refractivity contribution in [3.63, 3.8) is 0 Å². The van der Waals surface area contributed by atoms with Gasteiger partial charge in [0.1, 0.15) is 0 Å². The van der Waals surface area contributed by atoms with Crippen LogP contribution in [0, 0.1) is 0 Å². The van der Waals surface area contributed by atoms with E-state index in [1.54, 1.807) is 0 Å². The molecule has 0 radical (unpaired) electrons. The standard InChI is InChI=1S/C19H37N5OS/c1-3-20-18(21-14-17-6-5-8-23(17)4-2)22-15-19(7-13-26-16-19)24-9-11-25-12-10-24/h17H,3-16H2,1-2H3,(H2,20,21,22). The normalized spacial score (nSPS) is 31.5. The van der Waals surface area contributed by atoms with Crippen molar-refractivity contribution in [2.45, 2.75) is 44.7 Å². The molecule has 0 amide bonds. The van der Waals surface area contributed by atoms with Crippen molar-refractivity contribution in [2.24, 2.45) is 4.99 Å². The average molecular weight is 384 g/mol. The second-order valence-electron chi connectivity index (χ2n) is 7.63. The van der Waals surface area contributed by atoms with E-state index in [4.69, 9.17) is 9.73 Å². The third-order valence-corrected chi connectivity index (χ3v) is 7.28. The van der Waals surface area contributed by atoms with E-state index in [-0.39, 0.29) is 5.54 Å². The van der Waals surface area contributed by atoms with Crippen LogP contribution < -0.4 is 10.6 Å². The molecule has 3 aliphatic heterocycles. The molecule has 3 fully saturated rings. The summed E-state index contributed by atoms with van der Waals surface area (Å²) in [5, 5.41) is 7.07. The molecule has 3 heterocycles. The number of hydrogen-bond acceptors (Lipinski definition) is 5. The van der Waals surface area contributed by atoms with Crippen LogP contribution in [0.3, 0.4) is 0 Å². The number of aliphatic imine (C=N–C) groups is 1. The van der Waals surface area contributed by atoms with Gasteiger partial charge in [0.2, 0.25) is 0 Å². The highest BCUT2D eigenvalue weighted by Gasteiger charge is 2.40. The molecule has 0 spiro atoms. The van der Waals surface area contributed by atoms with Gasteiger partial charge in [0.15, 0.2) is 5.96 Å². The lowest BCUT2D eigenvalue weighted by atomic mass is 9.96. The minimum absolute atomic E-state index is 0.222. The van der Waals surface area contributed by atoms with Crippen LogP contribution in [-0.4, -0.2) is 97.9 Å². The van der Waals surface area contributed by atoms with Gasteiger partial charge in [-0.1, -0.05) is 6.92 Å². The maximum absolute atomic E-state index is 5.57. The Kier molecular flexibility index (Phi) is 7.91. The second kappa shape index (κ2) is 10.2. The number of guanidine groups is 1. The zero-order chi connectivity index (χ0) is 18.2. The first-order chi connectivity index (χ1) is 12.8. The summed E-state index contributed by atoms with van der Waals surface area (Å²) in [6, 6.07) is 0.652. The van der Waals surface area contributed by atoms with Gasteiger partial charge in [0.05, 0.1) is 25.3 Å². The number of nitrogens with zero attached hydrogens (tertiary/aromatic N) is 3. The first kappa shape index (κ1) is 20.2. The van der Waals surface area contributed by atoms with E-state index in [1.807, 2.05) is 0 Å². The molecule has 0 aromatic rings. The maximum Gasteiger partial charge on any atom is 0.191 e. The Morgan fingerprint density at radius 3 is 2.77 bits per heavy atom. The van der Waals surface area contributed by atoms with Gasteiger partial charge in [0.25, 0.3) is 0 Å². The predicted octanol–water partition coefficient (Wildman–Crippen LogP) is 1.23. The predicted molar refractivity (Wildman–Crippen MR) is 111 cm³/mol. The Hall–Kier alpha value is -0.500. The molecule has 2 atom stereocenters. The fourth-order valence-corrected chi connectivity index (χ4v) is 5.90. The highest BCUT2D eigenvalue weighted by Crippen LogP contribution is 2.34. The summed E-state index contributed by atoms with van der Waals surface area (Å²) >= 11 is 2.08. The number of rotatable bonds is 7. The number of likely N-dealkylation sites (N-methyl/N-ethyl adjacent to an activating group) is 1. The minimum Gasteiger partial charge on any atom is -0.379 e. The third kappa shape index (κ3) is 5.06. The van der Waals surface area contributed by atoms with Crippen LogP contribution in [0.1, 0.15) is 33.1 Å². The molecule has 0 bridgehead atoms. The van der Waals surface area contributed by atoms with E-state index in [0.29, 0.717) is 6.04 Å². The Labute approximate surface area is 163 Å². The fourth-order valence-electron chi connectivity index (χ4n) is 4.43. The lowest BCUT2D eigenvalue weighted by molar-refractivity contribution is -0.0104. The Morgan fingerprint density at radius 2 is 2.08 bits per heavy atom. The number of nitrogens with one attached hydrogen (secondary N) is 2. The first-order valence-electron chi connectivity index (χ1n) is 10.4. The molecule has 3 saturated heterocycles. The maximum atomic E-state index is 5.57. The highest BCUT2D eigenvalue weighted by molar-refractivity contribution is 7.99. The molecule has 26 heavy (non-hydrogen) atoms. The molecule has 0 aromatic heterocycles. The van der Waals surface area contributed by atoms with Crippen molar-refractivity contribution in [1.29, 1.82) is 0 Å². The van der Waals surface area contributed by atoms with Crippen LogP contribution in [0.4, 0.5) is 0 Å². The van der Waals surface area contributed by atoms with E-state index in [0.717, 1.165) is 58.4 Å². The van der Waals surface area contributed by atoms with Crippen LogP contribution in [0.25, 0.3) is 0 Å². The lowest BCUT2D eigenvalue weighted by Gasteiger charge is -2.42. The number of morpholine rings is 1. The van der Waals surface area contributed by atoms with Crippen LogP contribution in [-0.2, 0) is 4.74 Å². The van der Waals surface area contributed by atoms with Crippen molar-refractivity contribution < 1.29 is 4.74 Å². The molecule has 0 saturated carbocycles. The van der Waals surface area contributed by atoms with E-state index in [9.17, 15) is 0 Å². The van der Waals surface area contributed by atoms with Crippen molar-refractivity contribution in [1.82, 2.24) is 20.4 Å². The molecule has 3 rings (SSSR count). The Bertz CT molecular complexity index is 449.